The molecule has 0 amide bonds. The van der Waals surface area contributed by atoms with E-state index < -0.39 is 5.54 Å². The Morgan fingerprint density at radius 3 is 2.50 bits per heavy atom. The lowest BCUT2D eigenvalue weighted by molar-refractivity contribution is 0.0974. The molecule has 2 aromatic rings. The first-order valence-electron chi connectivity index (χ1n) is 10.5. The first kappa shape index (κ1) is 20.8. The van der Waals surface area contributed by atoms with E-state index in [0.29, 0.717) is 18.3 Å². The number of aryl methyl sites for hydroxylation is 1. The highest BCUT2D eigenvalue weighted by Gasteiger charge is 2.37. The highest BCUT2D eigenvalue weighted by atomic mass is 16.3. The van der Waals surface area contributed by atoms with Crippen molar-refractivity contribution in [2.75, 3.05) is 6.61 Å². The molecule has 28 heavy (non-hydrogen) atoms. The minimum Gasteiger partial charge on any atom is -0.394 e. The Bertz CT molecular complexity index is 807. The topological polar surface area (TPSA) is 68.2 Å². The zero-order valence-electron chi connectivity index (χ0n) is 17.4. The summed E-state index contributed by atoms with van der Waals surface area (Å²) in [7, 11) is 1.97. The van der Waals surface area contributed by atoms with Crippen molar-refractivity contribution in [2.24, 2.45) is 18.7 Å². The maximum Gasteiger partial charge on any atom is 0.179 e. The summed E-state index contributed by atoms with van der Waals surface area (Å²) < 4.78 is 2.03. The third-order valence-electron chi connectivity index (χ3n) is 6.13. The molecule has 3 N–H and O–H groups in total. The minimum absolute atomic E-state index is 0.0235. The van der Waals surface area contributed by atoms with Gasteiger partial charge < -0.3 is 15.4 Å². The standard InChI is InChI=1S/C24H34N2O2/c1-17(2)14-19-6-4-18(5-7-19)8-11-23(28)22-10-9-21(26(22)3)20-12-13-24(25,15-20)16-27/h4-7,9-10,17,20,27H,8,11-16,25H2,1-3H3. The van der Waals surface area contributed by atoms with Gasteiger partial charge in [-0.15, -0.1) is 0 Å². The van der Waals surface area contributed by atoms with Gasteiger partial charge >= 0.3 is 0 Å². The number of aliphatic hydroxyl groups is 1. The number of ketones is 1. The molecular formula is C24H34N2O2. The third kappa shape index (κ3) is 4.73. The largest absolute Gasteiger partial charge is 0.394 e. The first-order valence-corrected chi connectivity index (χ1v) is 10.5. The summed E-state index contributed by atoms with van der Waals surface area (Å²) in [4.78, 5) is 12.8. The molecule has 0 aliphatic heterocycles. The summed E-state index contributed by atoms with van der Waals surface area (Å²) in [6.45, 7) is 4.48. The second kappa shape index (κ2) is 8.62. The van der Waals surface area contributed by atoms with E-state index in [-0.39, 0.29) is 12.4 Å². The number of nitrogens with two attached hydrogens (primary N) is 1. The van der Waals surface area contributed by atoms with E-state index in [0.717, 1.165) is 43.5 Å². The summed E-state index contributed by atoms with van der Waals surface area (Å²) in [6.07, 6.45) is 4.94. The van der Waals surface area contributed by atoms with Gasteiger partial charge in [0.25, 0.3) is 0 Å². The molecule has 4 nitrogen and oxygen atoms in total. The number of nitrogens with zero attached hydrogens (tertiary/aromatic N) is 1. The maximum absolute atomic E-state index is 12.8. The minimum atomic E-state index is -0.471. The van der Waals surface area contributed by atoms with Gasteiger partial charge in [0, 0.05) is 30.6 Å². The van der Waals surface area contributed by atoms with Gasteiger partial charge in [-0.3, -0.25) is 4.79 Å². The van der Waals surface area contributed by atoms with Crippen molar-refractivity contribution >= 4 is 5.78 Å². The lowest BCUT2D eigenvalue weighted by atomic mass is 9.97. The Balaban J connectivity index is 1.60. The van der Waals surface area contributed by atoms with Crippen molar-refractivity contribution in [3.8, 4) is 0 Å². The van der Waals surface area contributed by atoms with Crippen LogP contribution < -0.4 is 5.73 Å². The molecule has 1 fully saturated rings. The van der Waals surface area contributed by atoms with Crippen LogP contribution in [0, 0.1) is 5.92 Å². The van der Waals surface area contributed by atoms with Crippen LogP contribution in [0.3, 0.4) is 0 Å². The molecule has 3 rings (SSSR count). The monoisotopic (exact) mass is 382 g/mol. The fraction of sp³-hybridized carbons (Fsp3) is 0.542. The molecular weight excluding hydrogens is 348 g/mol. The number of Topliss-reactive ketones (excluding diaryl/α,β-unsaturated/α-hetero) is 1. The second-order valence-electron chi connectivity index (χ2n) is 9.00. The van der Waals surface area contributed by atoms with E-state index in [1.165, 1.54) is 11.1 Å². The number of hydrogen-bond donors (Lipinski definition) is 2. The van der Waals surface area contributed by atoms with Gasteiger partial charge in [-0.2, -0.15) is 0 Å². The second-order valence-corrected chi connectivity index (χ2v) is 9.00. The highest BCUT2D eigenvalue weighted by molar-refractivity contribution is 5.95. The van der Waals surface area contributed by atoms with Crippen LogP contribution in [0.15, 0.2) is 36.4 Å². The predicted molar refractivity (Wildman–Crippen MR) is 114 cm³/mol. The molecule has 2 atom stereocenters. The summed E-state index contributed by atoms with van der Waals surface area (Å²) >= 11 is 0. The summed E-state index contributed by atoms with van der Waals surface area (Å²) in [5, 5.41) is 9.50. The number of rotatable bonds is 8. The average molecular weight is 383 g/mol. The van der Waals surface area contributed by atoms with Gasteiger partial charge in [-0.1, -0.05) is 38.1 Å². The van der Waals surface area contributed by atoms with Crippen molar-refractivity contribution < 1.29 is 9.90 Å². The highest BCUT2D eigenvalue weighted by Crippen LogP contribution is 2.39. The van der Waals surface area contributed by atoms with E-state index in [1.807, 2.05) is 17.7 Å². The molecule has 1 aliphatic carbocycles. The molecule has 4 heteroatoms. The Labute approximate surface area is 168 Å². The van der Waals surface area contributed by atoms with Gasteiger partial charge in [0.1, 0.15) is 0 Å². The van der Waals surface area contributed by atoms with Crippen molar-refractivity contribution in [3.05, 3.63) is 58.9 Å². The van der Waals surface area contributed by atoms with Crippen molar-refractivity contribution in [2.45, 2.75) is 63.8 Å². The van der Waals surface area contributed by atoms with E-state index in [4.69, 9.17) is 5.73 Å². The van der Waals surface area contributed by atoms with E-state index in [9.17, 15) is 9.90 Å². The Hall–Kier alpha value is -1.91. The number of carbonyl (C=O) groups excluding carboxylic acids is 1. The molecule has 0 bridgehead atoms. The molecule has 2 unspecified atom stereocenters. The summed E-state index contributed by atoms with van der Waals surface area (Å²) in [5.41, 5.74) is 10.2. The number of aliphatic hydroxyl groups excluding tert-OH is 1. The van der Waals surface area contributed by atoms with Gasteiger partial charge in [-0.25, -0.2) is 0 Å². The molecule has 1 aromatic carbocycles. The lowest BCUT2D eigenvalue weighted by Crippen LogP contribution is -2.40. The van der Waals surface area contributed by atoms with Crippen LogP contribution in [0.25, 0.3) is 0 Å². The molecule has 152 valence electrons. The number of hydrogen-bond acceptors (Lipinski definition) is 3. The molecule has 0 spiro atoms. The molecule has 1 heterocycles. The first-order chi connectivity index (χ1) is 13.3. The number of aromatic nitrogens is 1. The van der Waals surface area contributed by atoms with Crippen molar-refractivity contribution in [1.29, 1.82) is 0 Å². The number of benzene rings is 1. The van der Waals surface area contributed by atoms with E-state index >= 15 is 0 Å². The van der Waals surface area contributed by atoms with Crippen LogP contribution in [0.2, 0.25) is 0 Å². The Morgan fingerprint density at radius 2 is 1.89 bits per heavy atom. The van der Waals surface area contributed by atoms with Crippen LogP contribution in [0.1, 0.15) is 72.8 Å². The lowest BCUT2D eigenvalue weighted by Gasteiger charge is -2.21. The normalized spacial score (nSPS) is 22.1. The van der Waals surface area contributed by atoms with Gasteiger partial charge in [-0.05, 0) is 61.3 Å². The molecule has 0 saturated heterocycles. The zero-order valence-corrected chi connectivity index (χ0v) is 17.4. The Kier molecular flexibility index (Phi) is 6.41. The molecule has 0 radical (unpaired) electrons. The van der Waals surface area contributed by atoms with Crippen molar-refractivity contribution in [1.82, 2.24) is 4.57 Å². The third-order valence-corrected chi connectivity index (χ3v) is 6.13. The number of carbonyl (C=O) groups is 1. The molecule has 1 saturated carbocycles. The quantitative estimate of drug-likeness (QED) is 0.678. The van der Waals surface area contributed by atoms with E-state index in [2.05, 4.69) is 44.2 Å². The fourth-order valence-electron chi connectivity index (χ4n) is 4.47. The van der Waals surface area contributed by atoms with Gasteiger partial charge in [0.15, 0.2) is 5.78 Å². The van der Waals surface area contributed by atoms with Gasteiger partial charge in [0.05, 0.1) is 12.3 Å². The molecule has 1 aliphatic rings. The maximum atomic E-state index is 12.8. The van der Waals surface area contributed by atoms with Crippen LogP contribution in [-0.4, -0.2) is 27.6 Å². The zero-order chi connectivity index (χ0) is 20.3. The van der Waals surface area contributed by atoms with Crippen LogP contribution in [0.5, 0.6) is 0 Å². The van der Waals surface area contributed by atoms with Crippen LogP contribution >= 0.6 is 0 Å². The van der Waals surface area contributed by atoms with Crippen LogP contribution in [-0.2, 0) is 19.9 Å². The molecule has 1 aromatic heterocycles. The predicted octanol–water partition coefficient (Wildman–Crippen LogP) is 4.00. The average Bonchev–Trinajstić information content (AvgIpc) is 3.24. The van der Waals surface area contributed by atoms with Crippen molar-refractivity contribution in [3.63, 3.8) is 0 Å². The van der Waals surface area contributed by atoms with Gasteiger partial charge in [0.2, 0.25) is 0 Å². The fourth-order valence-corrected chi connectivity index (χ4v) is 4.47. The smallest absolute Gasteiger partial charge is 0.179 e. The Morgan fingerprint density at radius 1 is 1.21 bits per heavy atom. The SMILES string of the molecule is CC(C)Cc1ccc(CCC(=O)c2ccc(C3CCC(N)(CO)C3)n2C)cc1. The summed E-state index contributed by atoms with van der Waals surface area (Å²) in [6, 6.07) is 12.7. The van der Waals surface area contributed by atoms with Crippen LogP contribution in [0.4, 0.5) is 0 Å². The van der Waals surface area contributed by atoms with E-state index in [1.54, 1.807) is 0 Å². The summed E-state index contributed by atoms with van der Waals surface area (Å²) in [5.74, 6) is 1.15.